The number of ether oxygens (including phenoxy) is 2. The molecule has 5 nitrogen and oxygen atoms in total. The van der Waals surface area contributed by atoms with E-state index in [1.807, 2.05) is 55.5 Å². The maximum absolute atomic E-state index is 13.3. The van der Waals surface area contributed by atoms with E-state index in [9.17, 15) is 9.59 Å². The quantitative estimate of drug-likeness (QED) is 0.448. The normalized spacial score (nSPS) is 15.2. The van der Waals surface area contributed by atoms with Crippen LogP contribution in [-0.4, -0.2) is 25.1 Å². The maximum atomic E-state index is 13.3. The lowest BCUT2D eigenvalue weighted by Crippen LogP contribution is -2.24. The Hall–Kier alpha value is -2.86. The van der Waals surface area contributed by atoms with E-state index in [2.05, 4.69) is 15.9 Å². The van der Waals surface area contributed by atoms with Crippen LogP contribution < -0.4 is 9.64 Å². The molecule has 0 radical (unpaired) electrons. The van der Waals surface area contributed by atoms with Crippen molar-refractivity contribution in [3.63, 3.8) is 0 Å². The fourth-order valence-electron chi connectivity index (χ4n) is 3.22. The van der Waals surface area contributed by atoms with Gasteiger partial charge in [0.25, 0.3) is 5.91 Å². The minimum absolute atomic E-state index is 0.227. The Bertz CT molecular complexity index is 992. The molecule has 1 aliphatic rings. The molecule has 29 heavy (non-hydrogen) atoms. The fourth-order valence-corrected chi connectivity index (χ4v) is 3.49. The highest BCUT2D eigenvalue weighted by molar-refractivity contribution is 9.10. The molecule has 0 spiro atoms. The largest absolute Gasteiger partial charge is 0.493 e. The molecule has 150 valence electrons. The lowest BCUT2D eigenvalue weighted by atomic mass is 10.0. The SMILES string of the molecule is CCOC(=O)C1=C(C)N(c2ccc(Br)cc2)C(=O)/C1=C\c1ccccc1OCC. The number of carbonyl (C=O) groups is 2. The molecule has 6 heteroatoms. The maximum Gasteiger partial charge on any atom is 0.340 e. The molecule has 0 aliphatic carbocycles. The molecule has 2 aromatic carbocycles. The van der Waals surface area contributed by atoms with Crippen LogP contribution in [0.15, 0.2) is 69.8 Å². The van der Waals surface area contributed by atoms with Crippen molar-refractivity contribution in [1.82, 2.24) is 0 Å². The summed E-state index contributed by atoms with van der Waals surface area (Å²) in [5.41, 5.74) is 2.50. The van der Waals surface area contributed by atoms with E-state index in [0.717, 1.165) is 10.0 Å². The highest BCUT2D eigenvalue weighted by Gasteiger charge is 2.38. The molecule has 3 rings (SSSR count). The predicted molar refractivity (Wildman–Crippen MR) is 117 cm³/mol. The number of esters is 1. The van der Waals surface area contributed by atoms with Gasteiger partial charge in [0.2, 0.25) is 0 Å². The zero-order valence-corrected chi connectivity index (χ0v) is 18.2. The molecule has 0 aromatic heterocycles. The lowest BCUT2D eigenvalue weighted by molar-refractivity contribution is -0.138. The standard InChI is InChI=1S/C23H22BrNO4/c1-4-28-20-9-7-6-8-16(20)14-19-21(23(27)29-5-2)15(3)25(22(19)26)18-12-10-17(24)11-13-18/h6-14H,4-5H2,1-3H3/b19-14-. The van der Waals surface area contributed by atoms with E-state index in [1.54, 1.807) is 19.9 Å². The molecule has 0 bridgehead atoms. The lowest BCUT2D eigenvalue weighted by Gasteiger charge is -2.18. The highest BCUT2D eigenvalue weighted by atomic mass is 79.9. The first-order valence-corrected chi connectivity index (χ1v) is 10.2. The minimum Gasteiger partial charge on any atom is -0.493 e. The van der Waals surface area contributed by atoms with Gasteiger partial charge >= 0.3 is 5.97 Å². The summed E-state index contributed by atoms with van der Waals surface area (Å²) in [6.07, 6.45) is 1.70. The third-order valence-electron chi connectivity index (χ3n) is 4.48. The predicted octanol–water partition coefficient (Wildman–Crippen LogP) is 5.12. The second-order valence-electron chi connectivity index (χ2n) is 6.33. The zero-order chi connectivity index (χ0) is 21.0. The molecule has 0 unspecified atom stereocenters. The molecule has 1 heterocycles. The monoisotopic (exact) mass is 455 g/mol. The van der Waals surface area contributed by atoms with Gasteiger partial charge in [-0.25, -0.2) is 4.79 Å². The number of nitrogens with zero attached hydrogens (tertiary/aromatic N) is 1. The average molecular weight is 456 g/mol. The van der Waals surface area contributed by atoms with E-state index < -0.39 is 5.97 Å². The van der Waals surface area contributed by atoms with Gasteiger partial charge in [-0.05, 0) is 57.2 Å². The molecule has 0 saturated carbocycles. The molecule has 0 atom stereocenters. The average Bonchev–Trinajstić information content (AvgIpc) is 2.94. The van der Waals surface area contributed by atoms with Gasteiger partial charge in [-0.2, -0.15) is 0 Å². The number of anilines is 1. The van der Waals surface area contributed by atoms with Gasteiger partial charge in [-0.3, -0.25) is 9.69 Å². The van der Waals surface area contributed by atoms with Gasteiger partial charge in [0.05, 0.1) is 24.4 Å². The zero-order valence-electron chi connectivity index (χ0n) is 16.6. The van der Waals surface area contributed by atoms with Gasteiger partial charge < -0.3 is 9.47 Å². The van der Waals surface area contributed by atoms with E-state index in [-0.39, 0.29) is 23.7 Å². The first kappa shape index (κ1) is 20.9. The van der Waals surface area contributed by atoms with Gasteiger partial charge in [-0.15, -0.1) is 0 Å². The smallest absolute Gasteiger partial charge is 0.340 e. The summed E-state index contributed by atoms with van der Waals surface area (Å²) >= 11 is 3.40. The van der Waals surface area contributed by atoms with Crippen LogP contribution >= 0.6 is 15.9 Å². The summed E-state index contributed by atoms with van der Waals surface area (Å²) in [6, 6.07) is 14.8. The van der Waals surface area contributed by atoms with Crippen molar-refractivity contribution in [2.24, 2.45) is 0 Å². The van der Waals surface area contributed by atoms with Crippen LogP contribution in [0.2, 0.25) is 0 Å². The molecule has 1 aliphatic heterocycles. The minimum atomic E-state index is -0.516. The van der Waals surface area contributed by atoms with Crippen LogP contribution in [0, 0.1) is 0 Å². The van der Waals surface area contributed by atoms with Crippen molar-refractivity contribution in [1.29, 1.82) is 0 Å². The van der Waals surface area contributed by atoms with E-state index in [1.165, 1.54) is 4.90 Å². The Morgan fingerprint density at radius 3 is 2.41 bits per heavy atom. The van der Waals surface area contributed by atoms with Gasteiger partial charge in [0.15, 0.2) is 0 Å². The Morgan fingerprint density at radius 2 is 1.76 bits per heavy atom. The molecule has 0 fully saturated rings. The number of hydrogen-bond acceptors (Lipinski definition) is 4. The Balaban J connectivity index is 2.13. The number of rotatable bonds is 6. The third-order valence-corrected chi connectivity index (χ3v) is 5.01. The second kappa shape index (κ2) is 9.09. The number of allylic oxidation sites excluding steroid dienone is 1. The first-order valence-electron chi connectivity index (χ1n) is 9.39. The van der Waals surface area contributed by atoms with Crippen molar-refractivity contribution >= 4 is 39.6 Å². The molecule has 0 saturated heterocycles. The van der Waals surface area contributed by atoms with Crippen LogP contribution in [-0.2, 0) is 14.3 Å². The van der Waals surface area contributed by atoms with E-state index in [0.29, 0.717) is 23.7 Å². The summed E-state index contributed by atoms with van der Waals surface area (Å²) in [5.74, 6) is -0.143. The summed E-state index contributed by atoms with van der Waals surface area (Å²) < 4.78 is 11.8. The summed E-state index contributed by atoms with van der Waals surface area (Å²) in [7, 11) is 0. The van der Waals surface area contributed by atoms with Crippen LogP contribution in [0.4, 0.5) is 5.69 Å². The Labute approximate surface area is 178 Å². The molecular weight excluding hydrogens is 434 g/mol. The Kier molecular flexibility index (Phi) is 6.54. The van der Waals surface area contributed by atoms with E-state index in [4.69, 9.17) is 9.47 Å². The van der Waals surface area contributed by atoms with Crippen LogP contribution in [0.1, 0.15) is 26.3 Å². The summed E-state index contributed by atoms with van der Waals surface area (Å²) in [5, 5.41) is 0. The number of hydrogen-bond donors (Lipinski definition) is 0. The van der Waals surface area contributed by atoms with Crippen molar-refractivity contribution < 1.29 is 19.1 Å². The third kappa shape index (κ3) is 4.27. The highest BCUT2D eigenvalue weighted by Crippen LogP contribution is 2.36. The number of carbonyl (C=O) groups excluding carboxylic acids is 2. The van der Waals surface area contributed by atoms with E-state index >= 15 is 0 Å². The topological polar surface area (TPSA) is 55.8 Å². The number of amides is 1. The van der Waals surface area contributed by atoms with Gasteiger partial charge in [0.1, 0.15) is 5.75 Å². The fraction of sp³-hybridized carbons (Fsp3) is 0.217. The van der Waals surface area contributed by atoms with Crippen molar-refractivity contribution in [3.8, 4) is 5.75 Å². The number of halogens is 1. The molecule has 2 aromatic rings. The van der Waals surface area contributed by atoms with Gasteiger partial charge in [0, 0.05) is 21.4 Å². The van der Waals surface area contributed by atoms with Crippen molar-refractivity contribution in [3.05, 3.63) is 75.4 Å². The molecular formula is C23H22BrNO4. The van der Waals surface area contributed by atoms with Gasteiger partial charge in [-0.1, -0.05) is 34.1 Å². The van der Waals surface area contributed by atoms with Crippen LogP contribution in [0.3, 0.4) is 0 Å². The summed E-state index contributed by atoms with van der Waals surface area (Å²) in [6.45, 7) is 6.12. The molecule has 1 amide bonds. The van der Waals surface area contributed by atoms with Crippen molar-refractivity contribution in [2.45, 2.75) is 20.8 Å². The second-order valence-corrected chi connectivity index (χ2v) is 7.24. The first-order chi connectivity index (χ1) is 14.0. The number of para-hydroxylation sites is 1. The summed E-state index contributed by atoms with van der Waals surface area (Å²) in [4.78, 5) is 27.6. The Morgan fingerprint density at radius 1 is 1.07 bits per heavy atom. The van der Waals surface area contributed by atoms with Crippen molar-refractivity contribution in [2.75, 3.05) is 18.1 Å². The number of benzene rings is 2. The molecule has 0 N–H and O–H groups in total. The van der Waals surface area contributed by atoms with Crippen LogP contribution in [0.25, 0.3) is 6.08 Å². The van der Waals surface area contributed by atoms with Crippen LogP contribution in [0.5, 0.6) is 5.75 Å².